The van der Waals surface area contributed by atoms with E-state index >= 15 is 0 Å². The van der Waals surface area contributed by atoms with E-state index in [1.165, 1.54) is 12.1 Å². The third-order valence-electron chi connectivity index (χ3n) is 2.56. The van der Waals surface area contributed by atoms with Gasteiger partial charge >= 0.3 is 0 Å². The molecule has 0 aromatic heterocycles. The van der Waals surface area contributed by atoms with E-state index in [0.717, 1.165) is 0 Å². The third kappa shape index (κ3) is 3.66. The van der Waals surface area contributed by atoms with E-state index in [1.807, 2.05) is 0 Å². The Kier molecular flexibility index (Phi) is 5.43. The van der Waals surface area contributed by atoms with Crippen molar-refractivity contribution in [2.75, 3.05) is 5.32 Å². The molecule has 0 heterocycles. The van der Waals surface area contributed by atoms with E-state index in [2.05, 4.69) is 37.2 Å². The van der Waals surface area contributed by atoms with Gasteiger partial charge in [0.2, 0.25) is 0 Å². The molecular weight excluding hydrogens is 468 g/mol. The molecule has 8 heteroatoms. The van der Waals surface area contributed by atoms with Crippen molar-refractivity contribution in [1.29, 1.82) is 0 Å². The van der Waals surface area contributed by atoms with E-state index in [4.69, 9.17) is 34.8 Å². The molecule has 2 aromatic carbocycles. The summed E-state index contributed by atoms with van der Waals surface area (Å²) >= 11 is 24.0. The normalized spacial score (nSPS) is 10.5. The van der Waals surface area contributed by atoms with Crippen LogP contribution in [-0.2, 0) is 0 Å². The molecule has 0 unspecified atom stereocenters. The van der Waals surface area contributed by atoms with Crippen molar-refractivity contribution >= 4 is 78.3 Å². The van der Waals surface area contributed by atoms with Crippen molar-refractivity contribution in [1.82, 2.24) is 0 Å². The van der Waals surface area contributed by atoms with Gasteiger partial charge in [-0.2, -0.15) is 0 Å². The van der Waals surface area contributed by atoms with E-state index in [0.29, 0.717) is 20.2 Å². The molecule has 1 amide bonds. The molecule has 2 aromatic rings. The lowest BCUT2D eigenvalue weighted by Crippen LogP contribution is -2.12. The smallest absolute Gasteiger partial charge is 0.259 e. The van der Waals surface area contributed by atoms with Gasteiger partial charge in [0, 0.05) is 10.2 Å². The molecular formula is C13H6Br2Cl3NO2. The van der Waals surface area contributed by atoms with Crippen molar-refractivity contribution in [3.8, 4) is 5.75 Å². The molecule has 21 heavy (non-hydrogen) atoms. The second-order valence-electron chi connectivity index (χ2n) is 3.97. The second kappa shape index (κ2) is 6.75. The van der Waals surface area contributed by atoms with E-state index in [9.17, 15) is 9.90 Å². The number of phenolic OH excluding ortho intramolecular Hbond substituents is 1. The summed E-state index contributed by atoms with van der Waals surface area (Å²) in [5, 5.41) is 13.6. The maximum atomic E-state index is 12.2. The summed E-state index contributed by atoms with van der Waals surface area (Å²) in [7, 11) is 0. The molecule has 0 radical (unpaired) electrons. The molecule has 0 bridgehead atoms. The van der Waals surface area contributed by atoms with Gasteiger partial charge in [0.15, 0.2) is 0 Å². The molecule has 0 aliphatic rings. The van der Waals surface area contributed by atoms with Gasteiger partial charge in [0.25, 0.3) is 5.91 Å². The Balaban J connectivity index is 2.35. The molecule has 0 atom stereocenters. The van der Waals surface area contributed by atoms with Crippen LogP contribution in [0.3, 0.4) is 0 Å². The molecule has 0 saturated carbocycles. The number of carbonyl (C=O) groups excluding carboxylic acids is 1. The van der Waals surface area contributed by atoms with Gasteiger partial charge in [-0.1, -0.05) is 34.8 Å². The van der Waals surface area contributed by atoms with Crippen LogP contribution in [-0.4, -0.2) is 11.0 Å². The summed E-state index contributed by atoms with van der Waals surface area (Å²) in [6.07, 6.45) is 0. The Labute approximate surface area is 152 Å². The van der Waals surface area contributed by atoms with Crippen LogP contribution in [0.2, 0.25) is 15.1 Å². The van der Waals surface area contributed by atoms with Gasteiger partial charge in [-0.3, -0.25) is 4.79 Å². The first-order chi connectivity index (χ1) is 9.81. The van der Waals surface area contributed by atoms with Crippen molar-refractivity contribution in [2.24, 2.45) is 0 Å². The zero-order chi connectivity index (χ0) is 15.7. The molecule has 0 aliphatic carbocycles. The van der Waals surface area contributed by atoms with Gasteiger partial charge < -0.3 is 10.4 Å². The van der Waals surface area contributed by atoms with Crippen molar-refractivity contribution in [3.63, 3.8) is 0 Å². The van der Waals surface area contributed by atoms with Crippen LogP contribution in [0, 0.1) is 0 Å². The highest BCUT2D eigenvalue weighted by atomic mass is 79.9. The number of hydrogen-bond acceptors (Lipinski definition) is 2. The molecule has 0 fully saturated rings. The van der Waals surface area contributed by atoms with Crippen molar-refractivity contribution < 1.29 is 9.90 Å². The SMILES string of the molecule is O=C(Nc1ccc(Cl)c(Cl)c1)c1cc(Br)c(Cl)c(Br)c1O. The summed E-state index contributed by atoms with van der Waals surface area (Å²) in [5.74, 6) is -0.760. The highest BCUT2D eigenvalue weighted by Gasteiger charge is 2.19. The number of aromatic hydroxyl groups is 1. The van der Waals surface area contributed by atoms with Gasteiger partial charge in [-0.25, -0.2) is 0 Å². The number of benzene rings is 2. The van der Waals surface area contributed by atoms with E-state index in [1.54, 1.807) is 12.1 Å². The van der Waals surface area contributed by atoms with Gasteiger partial charge in [-0.15, -0.1) is 0 Å². The lowest BCUT2D eigenvalue weighted by atomic mass is 10.2. The maximum Gasteiger partial charge on any atom is 0.259 e. The molecule has 0 saturated heterocycles. The summed E-state index contributed by atoms with van der Waals surface area (Å²) in [6.45, 7) is 0. The van der Waals surface area contributed by atoms with Crippen LogP contribution < -0.4 is 5.32 Å². The third-order valence-corrected chi connectivity index (χ3v) is 5.54. The Morgan fingerprint density at radius 1 is 1.10 bits per heavy atom. The largest absolute Gasteiger partial charge is 0.506 e. The lowest BCUT2D eigenvalue weighted by molar-refractivity contribution is 0.102. The predicted octanol–water partition coefficient (Wildman–Crippen LogP) is 6.13. The molecule has 110 valence electrons. The van der Waals surface area contributed by atoms with Crippen molar-refractivity contribution in [3.05, 3.63) is 53.8 Å². The number of nitrogens with one attached hydrogen (secondary N) is 1. The first kappa shape index (κ1) is 16.9. The highest BCUT2D eigenvalue weighted by Crippen LogP contribution is 2.40. The molecule has 0 aliphatic heterocycles. The fourth-order valence-electron chi connectivity index (χ4n) is 1.53. The fraction of sp³-hybridized carbons (Fsp3) is 0. The number of amides is 1. The monoisotopic (exact) mass is 471 g/mol. The highest BCUT2D eigenvalue weighted by molar-refractivity contribution is 9.11. The number of hydrogen-bond donors (Lipinski definition) is 2. The van der Waals surface area contributed by atoms with Gasteiger partial charge in [0.05, 0.1) is 25.1 Å². The summed E-state index contributed by atoms with van der Waals surface area (Å²) in [5.41, 5.74) is 0.514. The number of anilines is 1. The minimum atomic E-state index is -0.510. The van der Waals surface area contributed by atoms with Crippen LogP contribution in [0.25, 0.3) is 0 Å². The summed E-state index contributed by atoms with van der Waals surface area (Å²) < 4.78 is 0.714. The quantitative estimate of drug-likeness (QED) is 0.515. The molecule has 0 spiro atoms. The number of halogens is 5. The zero-order valence-corrected chi connectivity index (χ0v) is 15.5. The fourth-order valence-corrected chi connectivity index (χ4v) is 3.09. The molecule has 2 rings (SSSR count). The van der Waals surface area contributed by atoms with Crippen molar-refractivity contribution in [2.45, 2.75) is 0 Å². The lowest BCUT2D eigenvalue weighted by Gasteiger charge is -2.11. The average Bonchev–Trinajstić information content (AvgIpc) is 2.44. The van der Waals surface area contributed by atoms with Crippen LogP contribution in [0.1, 0.15) is 10.4 Å². The first-order valence-electron chi connectivity index (χ1n) is 5.44. The Bertz CT molecular complexity index is 738. The standard InChI is InChI=1S/C13H6Br2Cl3NO2/c14-7-4-6(12(20)10(15)11(7)18)13(21)19-5-1-2-8(16)9(17)3-5/h1-4,20H,(H,19,21). The van der Waals surface area contributed by atoms with Crippen LogP contribution >= 0.6 is 66.7 Å². The minimum Gasteiger partial charge on any atom is -0.506 e. The van der Waals surface area contributed by atoms with Crippen LogP contribution in [0.5, 0.6) is 5.75 Å². The van der Waals surface area contributed by atoms with Crippen LogP contribution in [0.4, 0.5) is 5.69 Å². The molecule has 2 N–H and O–H groups in total. The molecule has 3 nitrogen and oxygen atoms in total. The van der Waals surface area contributed by atoms with E-state index in [-0.39, 0.29) is 20.8 Å². The average molecular weight is 474 g/mol. The first-order valence-corrected chi connectivity index (χ1v) is 8.16. The predicted molar refractivity (Wildman–Crippen MR) is 92.9 cm³/mol. The van der Waals surface area contributed by atoms with Gasteiger partial charge in [-0.05, 0) is 56.1 Å². The minimum absolute atomic E-state index is 0.0595. The summed E-state index contributed by atoms with van der Waals surface area (Å²) in [6, 6.07) is 6.10. The number of rotatable bonds is 2. The van der Waals surface area contributed by atoms with E-state index < -0.39 is 5.91 Å². The number of phenols is 1. The Hall–Kier alpha value is -0.460. The topological polar surface area (TPSA) is 49.3 Å². The zero-order valence-electron chi connectivity index (χ0n) is 10.1. The number of carbonyl (C=O) groups is 1. The Morgan fingerprint density at radius 2 is 1.76 bits per heavy atom. The Morgan fingerprint density at radius 3 is 2.38 bits per heavy atom. The van der Waals surface area contributed by atoms with Crippen LogP contribution in [0.15, 0.2) is 33.2 Å². The maximum absolute atomic E-state index is 12.2. The van der Waals surface area contributed by atoms with Gasteiger partial charge in [0.1, 0.15) is 5.75 Å². The second-order valence-corrected chi connectivity index (χ2v) is 6.81. The summed E-state index contributed by atoms with van der Waals surface area (Å²) in [4.78, 5) is 12.2.